The summed E-state index contributed by atoms with van der Waals surface area (Å²) in [6.07, 6.45) is 0. The largest absolute Gasteiger partial charge is 0.379 e. The van der Waals surface area contributed by atoms with Crippen LogP contribution in [0.5, 0.6) is 0 Å². The number of rotatable bonds is 5. The highest BCUT2D eigenvalue weighted by atomic mass is 32.2. The fourth-order valence-electron chi connectivity index (χ4n) is 3.30. The van der Waals surface area contributed by atoms with E-state index < -0.39 is 26.6 Å². The van der Waals surface area contributed by atoms with Crippen LogP contribution in [0.1, 0.15) is 41.3 Å². The second-order valence-electron chi connectivity index (χ2n) is 7.31. The van der Waals surface area contributed by atoms with Crippen molar-refractivity contribution in [2.24, 2.45) is 0 Å². The van der Waals surface area contributed by atoms with Gasteiger partial charge in [-0.3, -0.25) is 4.79 Å². The number of hydrogen-bond donors (Lipinski definition) is 1. The van der Waals surface area contributed by atoms with Crippen molar-refractivity contribution in [3.63, 3.8) is 0 Å². The Morgan fingerprint density at radius 3 is 2.52 bits per heavy atom. The lowest BCUT2D eigenvalue weighted by molar-refractivity contribution is 0.0729. The first-order valence-electron chi connectivity index (χ1n) is 9.50. The smallest absolute Gasteiger partial charge is 0.255 e. The zero-order valence-corrected chi connectivity index (χ0v) is 17.6. The summed E-state index contributed by atoms with van der Waals surface area (Å²) in [5.74, 6) is -1.18. The summed E-state index contributed by atoms with van der Waals surface area (Å²) in [5, 5.41) is 2.86. The fraction of sp³-hybridized carbons (Fsp3) is 0.381. The lowest BCUT2D eigenvalue weighted by Crippen LogP contribution is -2.41. The van der Waals surface area contributed by atoms with E-state index in [4.69, 9.17) is 4.74 Å². The maximum absolute atomic E-state index is 14.4. The fourth-order valence-corrected chi connectivity index (χ4v) is 4.79. The van der Waals surface area contributed by atoms with Crippen LogP contribution in [0.2, 0.25) is 0 Å². The van der Waals surface area contributed by atoms with Gasteiger partial charge in [-0.15, -0.1) is 0 Å². The highest BCUT2D eigenvalue weighted by Gasteiger charge is 2.30. The number of ether oxygens (including phenoxy) is 1. The number of carbonyl (C=O) groups excluding carboxylic acids is 1. The molecule has 0 aliphatic carbocycles. The molecular formula is C21H25FN2O4S. The van der Waals surface area contributed by atoms with E-state index >= 15 is 0 Å². The van der Waals surface area contributed by atoms with E-state index in [0.717, 1.165) is 23.3 Å². The number of carbonyl (C=O) groups is 1. The molecule has 1 aliphatic heterocycles. The molecule has 1 heterocycles. The Hall–Kier alpha value is -2.29. The molecule has 3 rings (SSSR count). The van der Waals surface area contributed by atoms with Crippen LogP contribution in [-0.2, 0) is 14.8 Å². The van der Waals surface area contributed by atoms with E-state index in [0.29, 0.717) is 5.69 Å². The van der Waals surface area contributed by atoms with Gasteiger partial charge in [0.15, 0.2) is 0 Å². The first kappa shape index (κ1) is 21.4. The molecule has 1 saturated heterocycles. The van der Waals surface area contributed by atoms with Crippen molar-refractivity contribution in [1.82, 2.24) is 4.31 Å². The van der Waals surface area contributed by atoms with Crippen LogP contribution in [-0.4, -0.2) is 44.9 Å². The van der Waals surface area contributed by atoms with E-state index in [-0.39, 0.29) is 37.8 Å². The monoisotopic (exact) mass is 420 g/mol. The minimum Gasteiger partial charge on any atom is -0.379 e. The van der Waals surface area contributed by atoms with Crippen molar-refractivity contribution in [2.75, 3.05) is 31.6 Å². The maximum Gasteiger partial charge on any atom is 0.255 e. The Balaban J connectivity index is 1.93. The van der Waals surface area contributed by atoms with Gasteiger partial charge in [-0.1, -0.05) is 32.0 Å². The molecule has 0 radical (unpaired) electrons. The molecule has 0 aromatic heterocycles. The number of anilines is 1. The number of hydrogen-bond acceptors (Lipinski definition) is 4. The third kappa shape index (κ3) is 4.49. The molecule has 6 nitrogen and oxygen atoms in total. The van der Waals surface area contributed by atoms with Crippen LogP contribution in [0.15, 0.2) is 41.3 Å². The molecule has 2 aromatic carbocycles. The van der Waals surface area contributed by atoms with Crippen LogP contribution >= 0.6 is 0 Å². The predicted molar refractivity (Wildman–Crippen MR) is 109 cm³/mol. The second kappa shape index (κ2) is 8.61. The quantitative estimate of drug-likeness (QED) is 0.803. The molecule has 1 N–H and O–H groups in total. The Labute approximate surface area is 170 Å². The number of halogens is 1. The number of amides is 1. The van der Waals surface area contributed by atoms with Crippen molar-refractivity contribution in [1.29, 1.82) is 0 Å². The molecule has 0 unspecified atom stereocenters. The van der Waals surface area contributed by atoms with Gasteiger partial charge in [0.05, 0.1) is 13.2 Å². The van der Waals surface area contributed by atoms with Crippen LogP contribution < -0.4 is 5.32 Å². The maximum atomic E-state index is 14.4. The van der Waals surface area contributed by atoms with Gasteiger partial charge in [-0.2, -0.15) is 4.31 Å². The van der Waals surface area contributed by atoms with Crippen molar-refractivity contribution < 1.29 is 22.3 Å². The third-order valence-corrected chi connectivity index (χ3v) is 6.86. The summed E-state index contributed by atoms with van der Waals surface area (Å²) >= 11 is 0. The van der Waals surface area contributed by atoms with Gasteiger partial charge >= 0.3 is 0 Å². The third-order valence-electron chi connectivity index (χ3n) is 4.95. The summed E-state index contributed by atoms with van der Waals surface area (Å²) in [5.41, 5.74) is 2.64. The van der Waals surface area contributed by atoms with Gasteiger partial charge in [-0.25, -0.2) is 12.8 Å². The minimum absolute atomic E-state index is 0.0798. The van der Waals surface area contributed by atoms with Gasteiger partial charge < -0.3 is 10.1 Å². The van der Waals surface area contributed by atoms with Crippen LogP contribution in [0.3, 0.4) is 0 Å². The number of benzene rings is 2. The van der Waals surface area contributed by atoms with Gasteiger partial charge in [-0.05, 0) is 42.2 Å². The van der Waals surface area contributed by atoms with E-state index in [1.807, 2.05) is 39.0 Å². The number of nitrogens with zero attached hydrogens (tertiary/aromatic N) is 1. The van der Waals surface area contributed by atoms with Crippen molar-refractivity contribution in [2.45, 2.75) is 31.6 Å². The molecule has 0 atom stereocenters. The van der Waals surface area contributed by atoms with Crippen LogP contribution in [0.25, 0.3) is 0 Å². The van der Waals surface area contributed by atoms with Crippen LogP contribution in [0, 0.1) is 12.7 Å². The summed E-state index contributed by atoms with van der Waals surface area (Å²) in [6, 6.07) is 9.15. The normalized spacial score (nSPS) is 15.5. The molecule has 1 amide bonds. The summed E-state index contributed by atoms with van der Waals surface area (Å²) in [4.78, 5) is 12.3. The van der Waals surface area contributed by atoms with Crippen molar-refractivity contribution in [3.8, 4) is 0 Å². The van der Waals surface area contributed by atoms with Gasteiger partial charge in [0.2, 0.25) is 10.0 Å². The molecule has 0 spiro atoms. The average molecular weight is 421 g/mol. The number of para-hydroxylation sites is 1. The highest BCUT2D eigenvalue weighted by Crippen LogP contribution is 2.28. The zero-order valence-electron chi connectivity index (χ0n) is 16.7. The SMILES string of the molecule is Cc1cccc(C(C)C)c1NC(=O)c1ccc(F)c(S(=O)(=O)N2CCOCC2)c1. The standard InChI is InChI=1S/C21H25FN2O4S/c1-14(2)17-6-4-5-15(3)20(17)23-21(25)16-7-8-18(22)19(13-16)29(26,27)24-9-11-28-12-10-24/h4-8,13-14H,9-12H2,1-3H3,(H,23,25). The lowest BCUT2D eigenvalue weighted by Gasteiger charge is -2.26. The summed E-state index contributed by atoms with van der Waals surface area (Å²) in [7, 11) is -4.05. The summed E-state index contributed by atoms with van der Waals surface area (Å²) in [6.45, 7) is 6.75. The number of morpholine rings is 1. The van der Waals surface area contributed by atoms with Gasteiger partial charge in [0, 0.05) is 24.3 Å². The van der Waals surface area contributed by atoms with Crippen LogP contribution in [0.4, 0.5) is 10.1 Å². The van der Waals surface area contributed by atoms with Gasteiger partial charge in [0.1, 0.15) is 10.7 Å². The van der Waals surface area contributed by atoms with E-state index in [9.17, 15) is 17.6 Å². The van der Waals surface area contributed by atoms with Crippen molar-refractivity contribution >= 4 is 21.6 Å². The molecule has 8 heteroatoms. The molecular weight excluding hydrogens is 395 g/mol. The first-order chi connectivity index (χ1) is 13.7. The molecule has 0 saturated carbocycles. The number of aryl methyl sites for hydroxylation is 1. The van der Waals surface area contributed by atoms with E-state index in [2.05, 4.69) is 5.32 Å². The Kier molecular flexibility index (Phi) is 6.36. The van der Waals surface area contributed by atoms with Gasteiger partial charge in [0.25, 0.3) is 5.91 Å². The Morgan fingerprint density at radius 1 is 1.17 bits per heavy atom. The average Bonchev–Trinajstić information content (AvgIpc) is 2.70. The molecule has 156 valence electrons. The van der Waals surface area contributed by atoms with E-state index in [1.165, 1.54) is 10.4 Å². The zero-order chi connectivity index (χ0) is 21.2. The minimum atomic E-state index is -4.05. The molecule has 1 fully saturated rings. The molecule has 1 aliphatic rings. The Bertz CT molecular complexity index is 1020. The van der Waals surface area contributed by atoms with E-state index in [1.54, 1.807) is 0 Å². The molecule has 0 bridgehead atoms. The molecule has 29 heavy (non-hydrogen) atoms. The van der Waals surface area contributed by atoms with Crippen molar-refractivity contribution in [3.05, 3.63) is 58.9 Å². The molecule has 2 aromatic rings. The Morgan fingerprint density at radius 2 is 1.86 bits per heavy atom. The number of nitrogens with one attached hydrogen (secondary N) is 1. The highest BCUT2D eigenvalue weighted by molar-refractivity contribution is 7.89. The second-order valence-corrected chi connectivity index (χ2v) is 9.22. The predicted octanol–water partition coefficient (Wildman–Crippen LogP) is 3.53. The topological polar surface area (TPSA) is 75.7 Å². The first-order valence-corrected chi connectivity index (χ1v) is 10.9. The summed E-state index contributed by atoms with van der Waals surface area (Å²) < 4.78 is 46.4. The number of sulfonamides is 1. The lowest BCUT2D eigenvalue weighted by atomic mass is 9.98.